The number of ether oxygens (including phenoxy) is 4. The zero-order valence-electron chi connectivity index (χ0n) is 23.4. The van der Waals surface area contributed by atoms with Crippen LogP contribution in [0.4, 0.5) is 0 Å². The SMILES string of the molecule is O=C(NCc1ccc2c(c1)OCO2)[C@]1(Cc2ccccc2)N=C(c2ccc(OCCCO)cc2)O[C@@H]1c1ccccc1Br. The van der Waals surface area contributed by atoms with E-state index >= 15 is 0 Å². The molecule has 2 atom stereocenters. The number of nitrogens with zero attached hydrogens (tertiary/aromatic N) is 1. The van der Waals surface area contributed by atoms with Gasteiger partial charge >= 0.3 is 0 Å². The molecule has 6 rings (SSSR count). The molecule has 0 radical (unpaired) electrons. The standard InChI is InChI=1S/C34H31BrN2O6/c35-28-10-5-4-9-27(28)31-34(20-23-7-2-1-3-8-23,33(39)36-21-24-11-16-29-30(19-24)42-22-41-29)37-32(43-31)25-12-14-26(15-13-25)40-18-6-17-38/h1-5,7-16,19,31,38H,6,17-18,20-22H2,(H,36,39)/t31-,34-/m1/s1. The number of hydrogen-bond donors (Lipinski definition) is 2. The fourth-order valence-electron chi connectivity index (χ4n) is 5.24. The molecule has 4 aromatic rings. The zero-order valence-corrected chi connectivity index (χ0v) is 25.0. The Hall–Kier alpha value is -4.34. The Morgan fingerprint density at radius 2 is 1.72 bits per heavy atom. The van der Waals surface area contributed by atoms with Crippen LogP contribution in [0.1, 0.15) is 34.8 Å². The smallest absolute Gasteiger partial charge is 0.252 e. The van der Waals surface area contributed by atoms with Crippen LogP contribution < -0.4 is 19.5 Å². The Bertz CT molecular complexity index is 1610. The first-order chi connectivity index (χ1) is 21.1. The third kappa shape index (κ3) is 6.23. The average Bonchev–Trinajstić information content (AvgIpc) is 3.66. The Morgan fingerprint density at radius 3 is 2.51 bits per heavy atom. The van der Waals surface area contributed by atoms with E-state index in [0.717, 1.165) is 26.7 Å². The summed E-state index contributed by atoms with van der Waals surface area (Å²) >= 11 is 3.69. The molecular formula is C34H31BrN2O6. The molecule has 4 aromatic carbocycles. The number of aliphatic imine (C=N–C) groups is 1. The van der Waals surface area contributed by atoms with Crippen LogP contribution >= 0.6 is 15.9 Å². The fraction of sp³-hybridized carbons (Fsp3) is 0.235. The number of nitrogens with one attached hydrogen (secondary N) is 1. The van der Waals surface area contributed by atoms with Crippen LogP contribution in [-0.4, -0.2) is 42.5 Å². The van der Waals surface area contributed by atoms with Gasteiger partial charge in [0.1, 0.15) is 5.75 Å². The van der Waals surface area contributed by atoms with Crippen molar-refractivity contribution in [3.63, 3.8) is 0 Å². The van der Waals surface area contributed by atoms with E-state index in [1.165, 1.54) is 0 Å². The van der Waals surface area contributed by atoms with E-state index < -0.39 is 11.6 Å². The number of rotatable bonds is 11. The van der Waals surface area contributed by atoms with Gasteiger partial charge < -0.3 is 29.4 Å². The highest BCUT2D eigenvalue weighted by molar-refractivity contribution is 9.10. The second kappa shape index (κ2) is 12.9. The first kappa shape index (κ1) is 28.8. The van der Waals surface area contributed by atoms with Crippen LogP contribution in [0.15, 0.2) is 107 Å². The van der Waals surface area contributed by atoms with Crippen molar-refractivity contribution in [2.75, 3.05) is 20.0 Å². The second-order valence-electron chi connectivity index (χ2n) is 10.3. The largest absolute Gasteiger partial charge is 0.494 e. The van der Waals surface area contributed by atoms with Gasteiger partial charge in [0.25, 0.3) is 5.91 Å². The van der Waals surface area contributed by atoms with Gasteiger partial charge in [0.15, 0.2) is 23.1 Å². The lowest BCUT2D eigenvalue weighted by Gasteiger charge is -2.31. The van der Waals surface area contributed by atoms with Gasteiger partial charge in [-0.2, -0.15) is 0 Å². The molecule has 0 fully saturated rings. The van der Waals surface area contributed by atoms with E-state index in [0.29, 0.717) is 42.6 Å². The number of halogens is 1. The van der Waals surface area contributed by atoms with Crippen LogP contribution in [-0.2, 0) is 22.5 Å². The van der Waals surface area contributed by atoms with Crippen molar-refractivity contribution in [1.82, 2.24) is 5.32 Å². The average molecular weight is 644 g/mol. The highest BCUT2D eigenvalue weighted by atomic mass is 79.9. The summed E-state index contributed by atoms with van der Waals surface area (Å²) in [6.45, 7) is 0.948. The third-order valence-electron chi connectivity index (χ3n) is 7.42. The van der Waals surface area contributed by atoms with Gasteiger partial charge in [0, 0.05) is 41.6 Å². The maximum Gasteiger partial charge on any atom is 0.252 e. The molecule has 43 heavy (non-hydrogen) atoms. The van der Waals surface area contributed by atoms with E-state index in [-0.39, 0.29) is 25.9 Å². The van der Waals surface area contributed by atoms with Crippen molar-refractivity contribution in [3.8, 4) is 17.2 Å². The summed E-state index contributed by atoms with van der Waals surface area (Å²) in [6, 6.07) is 30.6. The van der Waals surface area contributed by atoms with Gasteiger partial charge in [-0.1, -0.05) is 70.5 Å². The number of fused-ring (bicyclic) bond motifs is 1. The molecule has 2 N–H and O–H groups in total. The molecule has 220 valence electrons. The molecule has 0 bridgehead atoms. The summed E-state index contributed by atoms with van der Waals surface area (Å²) in [6.07, 6.45) is 0.156. The lowest BCUT2D eigenvalue weighted by atomic mass is 9.82. The van der Waals surface area contributed by atoms with Crippen molar-refractivity contribution in [1.29, 1.82) is 0 Å². The summed E-state index contributed by atoms with van der Waals surface area (Å²) in [5, 5.41) is 12.2. The molecule has 9 heteroatoms. The van der Waals surface area contributed by atoms with Gasteiger partial charge in [-0.05, 0) is 53.6 Å². The Morgan fingerprint density at radius 1 is 0.953 bits per heavy atom. The van der Waals surface area contributed by atoms with Crippen molar-refractivity contribution in [2.24, 2.45) is 4.99 Å². The maximum absolute atomic E-state index is 14.4. The highest BCUT2D eigenvalue weighted by Crippen LogP contribution is 2.44. The predicted octanol–water partition coefficient (Wildman–Crippen LogP) is 5.76. The van der Waals surface area contributed by atoms with Crippen LogP contribution in [0.2, 0.25) is 0 Å². The lowest BCUT2D eigenvalue weighted by molar-refractivity contribution is -0.129. The number of amides is 1. The minimum atomic E-state index is -1.31. The summed E-state index contributed by atoms with van der Waals surface area (Å²) in [7, 11) is 0. The Kier molecular flexibility index (Phi) is 8.62. The zero-order chi connectivity index (χ0) is 29.6. The number of benzene rings is 4. The number of aliphatic hydroxyl groups excluding tert-OH is 1. The molecule has 0 unspecified atom stereocenters. The second-order valence-corrected chi connectivity index (χ2v) is 11.2. The topological polar surface area (TPSA) is 98.6 Å². The van der Waals surface area contributed by atoms with Gasteiger partial charge in [-0.3, -0.25) is 4.79 Å². The number of aliphatic hydroxyl groups is 1. The van der Waals surface area contributed by atoms with Crippen LogP contribution in [0.5, 0.6) is 17.2 Å². The molecule has 2 heterocycles. The molecule has 0 spiro atoms. The third-order valence-corrected chi connectivity index (χ3v) is 8.15. The van der Waals surface area contributed by atoms with Crippen molar-refractivity contribution in [3.05, 3.63) is 124 Å². The number of hydrogen-bond acceptors (Lipinski definition) is 7. The van der Waals surface area contributed by atoms with E-state index in [1.807, 2.05) is 97.1 Å². The minimum absolute atomic E-state index is 0.0688. The number of carbonyl (C=O) groups excluding carboxylic acids is 1. The van der Waals surface area contributed by atoms with Gasteiger partial charge in [0.05, 0.1) is 6.61 Å². The molecular weight excluding hydrogens is 612 g/mol. The van der Waals surface area contributed by atoms with Crippen LogP contribution in [0, 0.1) is 0 Å². The van der Waals surface area contributed by atoms with Crippen LogP contribution in [0.3, 0.4) is 0 Å². The summed E-state index contributed by atoms with van der Waals surface area (Å²) < 4.78 is 24.1. The summed E-state index contributed by atoms with van der Waals surface area (Å²) in [4.78, 5) is 19.5. The summed E-state index contributed by atoms with van der Waals surface area (Å²) in [5.41, 5.74) is 2.07. The van der Waals surface area contributed by atoms with Crippen molar-refractivity contribution >= 4 is 27.7 Å². The van der Waals surface area contributed by atoms with Gasteiger partial charge in [-0.15, -0.1) is 0 Å². The molecule has 1 amide bonds. The normalized spacial score (nSPS) is 18.6. The Labute approximate surface area is 258 Å². The van der Waals surface area contributed by atoms with Gasteiger partial charge in [0.2, 0.25) is 12.7 Å². The first-order valence-electron chi connectivity index (χ1n) is 14.1. The molecule has 0 saturated heterocycles. The minimum Gasteiger partial charge on any atom is -0.494 e. The van der Waals surface area contributed by atoms with Crippen LogP contribution in [0.25, 0.3) is 0 Å². The highest BCUT2D eigenvalue weighted by Gasteiger charge is 2.53. The van der Waals surface area contributed by atoms with Crippen molar-refractivity contribution in [2.45, 2.75) is 31.0 Å². The van der Waals surface area contributed by atoms with E-state index in [2.05, 4.69) is 21.2 Å². The molecule has 0 aromatic heterocycles. The van der Waals surface area contributed by atoms with E-state index in [1.54, 1.807) is 0 Å². The lowest BCUT2D eigenvalue weighted by Crippen LogP contribution is -2.49. The van der Waals surface area contributed by atoms with Gasteiger partial charge in [-0.25, -0.2) is 4.99 Å². The molecule has 0 saturated carbocycles. The quantitative estimate of drug-likeness (QED) is 0.202. The summed E-state index contributed by atoms with van der Waals surface area (Å²) in [5.74, 6) is 2.14. The maximum atomic E-state index is 14.4. The molecule has 2 aliphatic rings. The molecule has 2 aliphatic heterocycles. The monoisotopic (exact) mass is 642 g/mol. The fourth-order valence-corrected chi connectivity index (χ4v) is 5.73. The van der Waals surface area contributed by atoms with E-state index in [4.69, 9.17) is 29.0 Å². The van der Waals surface area contributed by atoms with E-state index in [9.17, 15) is 4.79 Å². The molecule has 8 nitrogen and oxygen atoms in total. The first-order valence-corrected chi connectivity index (χ1v) is 14.9. The predicted molar refractivity (Wildman–Crippen MR) is 165 cm³/mol. The van der Waals surface area contributed by atoms with Crippen molar-refractivity contribution < 1.29 is 28.8 Å². The molecule has 0 aliphatic carbocycles. The number of carbonyl (C=O) groups is 1. The Balaban J connectivity index is 1.37.